The van der Waals surface area contributed by atoms with E-state index in [9.17, 15) is 9.18 Å². The van der Waals surface area contributed by atoms with E-state index in [-0.39, 0.29) is 11.7 Å². The van der Waals surface area contributed by atoms with Gasteiger partial charge in [0, 0.05) is 5.56 Å². The van der Waals surface area contributed by atoms with Crippen molar-refractivity contribution in [1.82, 2.24) is 5.32 Å². The summed E-state index contributed by atoms with van der Waals surface area (Å²) < 4.78 is 13.6. The molecule has 3 rings (SSSR count). The molecule has 2 aromatic carbocycles. The van der Waals surface area contributed by atoms with Crippen molar-refractivity contribution in [3.05, 3.63) is 69.8 Å². The van der Waals surface area contributed by atoms with Gasteiger partial charge < -0.3 is 5.32 Å². The number of halogens is 2. The SMILES string of the molecule is O=C1NC(=Nc2ccccc2Cl)S/C1=C/c1ccccc1F. The van der Waals surface area contributed by atoms with Crippen molar-refractivity contribution < 1.29 is 9.18 Å². The standard InChI is InChI=1S/C16H10ClFN2OS/c17-11-6-2-4-8-13(11)19-16-20-15(21)14(22-16)9-10-5-1-3-7-12(10)18/h1-9H,(H,19,20,21)/b14-9+. The number of carbonyl (C=O) groups excluding carboxylic acids is 1. The molecule has 1 fully saturated rings. The smallest absolute Gasteiger partial charge is 0.264 e. The molecule has 2 aromatic rings. The van der Waals surface area contributed by atoms with Gasteiger partial charge in [-0.2, -0.15) is 0 Å². The van der Waals surface area contributed by atoms with E-state index in [0.29, 0.717) is 26.3 Å². The summed E-state index contributed by atoms with van der Waals surface area (Å²) in [6, 6.07) is 13.4. The first-order valence-electron chi connectivity index (χ1n) is 6.42. The second kappa shape index (κ2) is 6.34. The van der Waals surface area contributed by atoms with Crippen molar-refractivity contribution in [2.75, 3.05) is 0 Å². The van der Waals surface area contributed by atoms with Crippen LogP contribution in [-0.2, 0) is 4.79 Å². The molecule has 3 nitrogen and oxygen atoms in total. The highest BCUT2D eigenvalue weighted by molar-refractivity contribution is 8.18. The number of hydrogen-bond acceptors (Lipinski definition) is 3. The minimum Gasteiger partial charge on any atom is -0.300 e. The summed E-state index contributed by atoms with van der Waals surface area (Å²) in [6.45, 7) is 0. The minimum atomic E-state index is -0.375. The first kappa shape index (κ1) is 14.8. The maximum absolute atomic E-state index is 13.6. The van der Waals surface area contributed by atoms with Gasteiger partial charge in [0.1, 0.15) is 5.82 Å². The summed E-state index contributed by atoms with van der Waals surface area (Å²) in [7, 11) is 0. The molecule has 0 radical (unpaired) electrons. The van der Waals surface area contributed by atoms with Crippen LogP contribution in [0.15, 0.2) is 58.4 Å². The summed E-state index contributed by atoms with van der Waals surface area (Å²) in [5.41, 5.74) is 0.929. The number of rotatable bonds is 2. The molecule has 1 N–H and O–H groups in total. The Morgan fingerprint density at radius 1 is 1.14 bits per heavy atom. The Bertz CT molecular complexity index is 804. The van der Waals surface area contributed by atoms with Crippen molar-refractivity contribution in [3.8, 4) is 0 Å². The van der Waals surface area contributed by atoms with E-state index in [1.54, 1.807) is 36.4 Å². The van der Waals surface area contributed by atoms with Gasteiger partial charge in [0.25, 0.3) is 5.91 Å². The summed E-state index contributed by atoms with van der Waals surface area (Å²) in [6.07, 6.45) is 1.50. The Hall–Kier alpha value is -2.11. The summed E-state index contributed by atoms with van der Waals surface area (Å²) in [5.74, 6) is -0.682. The zero-order valence-corrected chi connectivity index (χ0v) is 12.8. The molecule has 1 saturated heterocycles. The van der Waals surface area contributed by atoms with E-state index in [1.807, 2.05) is 6.07 Å². The molecule has 0 bridgehead atoms. The summed E-state index contributed by atoms with van der Waals surface area (Å²) in [4.78, 5) is 16.6. The maximum Gasteiger partial charge on any atom is 0.264 e. The minimum absolute atomic E-state index is 0.306. The van der Waals surface area contributed by atoms with Crippen molar-refractivity contribution >= 4 is 46.2 Å². The molecular weight excluding hydrogens is 323 g/mol. The predicted octanol–water partition coefficient (Wildman–Crippen LogP) is 4.37. The lowest BCUT2D eigenvalue weighted by molar-refractivity contribution is -0.115. The van der Waals surface area contributed by atoms with Gasteiger partial charge in [0.2, 0.25) is 0 Å². The number of nitrogens with one attached hydrogen (secondary N) is 1. The highest BCUT2D eigenvalue weighted by atomic mass is 35.5. The number of amides is 1. The van der Waals surface area contributed by atoms with Crippen LogP contribution in [-0.4, -0.2) is 11.1 Å². The van der Waals surface area contributed by atoms with Gasteiger partial charge in [-0.15, -0.1) is 0 Å². The number of benzene rings is 2. The quantitative estimate of drug-likeness (QED) is 0.830. The Morgan fingerprint density at radius 2 is 1.86 bits per heavy atom. The Morgan fingerprint density at radius 3 is 2.64 bits per heavy atom. The molecule has 0 aliphatic carbocycles. The number of amidine groups is 1. The number of aliphatic imine (C=N–C) groups is 1. The molecule has 110 valence electrons. The van der Waals surface area contributed by atoms with Gasteiger partial charge in [-0.1, -0.05) is 41.9 Å². The van der Waals surface area contributed by atoms with Crippen molar-refractivity contribution in [3.63, 3.8) is 0 Å². The molecule has 1 heterocycles. The Kier molecular flexibility index (Phi) is 4.27. The average Bonchev–Trinajstić information content (AvgIpc) is 2.84. The molecule has 6 heteroatoms. The summed E-state index contributed by atoms with van der Waals surface area (Å²) in [5, 5.41) is 3.56. The first-order chi connectivity index (χ1) is 10.6. The van der Waals surface area contributed by atoms with E-state index < -0.39 is 0 Å². The van der Waals surface area contributed by atoms with Gasteiger partial charge in [-0.05, 0) is 36.0 Å². The second-order valence-electron chi connectivity index (χ2n) is 4.45. The first-order valence-corrected chi connectivity index (χ1v) is 7.61. The van der Waals surface area contributed by atoms with Gasteiger partial charge in [-0.25, -0.2) is 9.38 Å². The molecule has 0 spiro atoms. The van der Waals surface area contributed by atoms with Crippen LogP contribution in [0.3, 0.4) is 0 Å². The van der Waals surface area contributed by atoms with Gasteiger partial charge in [0.05, 0.1) is 15.6 Å². The van der Waals surface area contributed by atoms with Gasteiger partial charge >= 0.3 is 0 Å². The molecule has 22 heavy (non-hydrogen) atoms. The average molecular weight is 333 g/mol. The predicted molar refractivity (Wildman–Crippen MR) is 88.7 cm³/mol. The van der Waals surface area contributed by atoms with E-state index >= 15 is 0 Å². The molecule has 0 atom stereocenters. The van der Waals surface area contributed by atoms with Crippen molar-refractivity contribution in [2.24, 2.45) is 4.99 Å². The molecule has 0 saturated carbocycles. The van der Waals surface area contributed by atoms with E-state index in [1.165, 1.54) is 12.1 Å². The fourth-order valence-electron chi connectivity index (χ4n) is 1.87. The Labute approximate surface area is 135 Å². The van der Waals surface area contributed by atoms with Crippen LogP contribution >= 0.6 is 23.4 Å². The maximum atomic E-state index is 13.6. The third kappa shape index (κ3) is 3.21. The topological polar surface area (TPSA) is 41.5 Å². The lowest BCUT2D eigenvalue weighted by atomic mass is 10.2. The van der Waals surface area contributed by atoms with Crippen molar-refractivity contribution in [1.29, 1.82) is 0 Å². The Balaban J connectivity index is 1.88. The third-order valence-electron chi connectivity index (χ3n) is 2.92. The van der Waals surface area contributed by atoms with Crippen LogP contribution in [0.4, 0.5) is 10.1 Å². The molecule has 0 aromatic heterocycles. The third-order valence-corrected chi connectivity index (χ3v) is 4.15. The molecule has 1 aliphatic heterocycles. The fraction of sp³-hybridized carbons (Fsp3) is 0. The molecule has 1 amide bonds. The summed E-state index contributed by atoms with van der Waals surface area (Å²) >= 11 is 7.18. The van der Waals surface area contributed by atoms with Gasteiger partial charge in [0.15, 0.2) is 5.17 Å². The highest BCUT2D eigenvalue weighted by Gasteiger charge is 2.24. The molecular formula is C16H10ClFN2OS. The lowest BCUT2D eigenvalue weighted by Gasteiger charge is -1.98. The zero-order chi connectivity index (χ0) is 15.5. The van der Waals surface area contributed by atoms with Crippen molar-refractivity contribution in [2.45, 2.75) is 0 Å². The number of nitrogens with zero attached hydrogens (tertiary/aromatic N) is 1. The molecule has 0 unspecified atom stereocenters. The van der Waals surface area contributed by atoms with E-state index in [0.717, 1.165) is 11.8 Å². The van der Waals surface area contributed by atoms with Crippen LogP contribution in [0.2, 0.25) is 5.02 Å². The largest absolute Gasteiger partial charge is 0.300 e. The highest BCUT2D eigenvalue weighted by Crippen LogP contribution is 2.30. The van der Waals surface area contributed by atoms with Crippen LogP contribution in [0.1, 0.15) is 5.56 Å². The van der Waals surface area contributed by atoms with Crippen LogP contribution in [0.25, 0.3) is 6.08 Å². The van der Waals surface area contributed by atoms with Crippen LogP contribution in [0.5, 0.6) is 0 Å². The number of thioether (sulfide) groups is 1. The van der Waals surface area contributed by atoms with Crippen LogP contribution < -0.4 is 5.32 Å². The lowest BCUT2D eigenvalue weighted by Crippen LogP contribution is -2.19. The molecule has 1 aliphatic rings. The number of hydrogen-bond donors (Lipinski definition) is 1. The van der Waals surface area contributed by atoms with E-state index in [4.69, 9.17) is 11.6 Å². The zero-order valence-electron chi connectivity index (χ0n) is 11.2. The van der Waals surface area contributed by atoms with Crippen LogP contribution in [0, 0.1) is 5.82 Å². The normalized spacial score (nSPS) is 18.0. The second-order valence-corrected chi connectivity index (χ2v) is 5.89. The fourth-order valence-corrected chi connectivity index (χ4v) is 2.87. The van der Waals surface area contributed by atoms with Gasteiger partial charge in [-0.3, -0.25) is 4.79 Å². The number of para-hydroxylation sites is 1. The number of carbonyl (C=O) groups is 1. The monoisotopic (exact) mass is 332 g/mol. The van der Waals surface area contributed by atoms with E-state index in [2.05, 4.69) is 10.3 Å².